The van der Waals surface area contributed by atoms with Gasteiger partial charge in [-0.2, -0.15) is 0 Å². The third-order valence-corrected chi connectivity index (χ3v) is 4.98. The summed E-state index contributed by atoms with van der Waals surface area (Å²) in [5.41, 5.74) is 2.61. The first-order valence-corrected chi connectivity index (χ1v) is 9.66. The maximum absolute atomic E-state index is 13.9. The molecule has 2 aromatic carbocycles. The maximum atomic E-state index is 13.9. The Morgan fingerprint density at radius 1 is 1.00 bits per heavy atom. The highest BCUT2D eigenvalue weighted by atomic mass is 19.1. The van der Waals surface area contributed by atoms with Gasteiger partial charge in [0, 0.05) is 13.1 Å². The highest BCUT2D eigenvalue weighted by Gasteiger charge is 2.21. The third-order valence-electron chi connectivity index (χ3n) is 4.98. The Hall–Kier alpha value is -3.67. The molecule has 0 atom stereocenters. The topological polar surface area (TPSA) is 59.8 Å². The molecule has 0 aliphatic carbocycles. The van der Waals surface area contributed by atoms with Crippen molar-refractivity contribution in [2.45, 2.75) is 6.42 Å². The van der Waals surface area contributed by atoms with Crippen LogP contribution in [0.25, 0.3) is 16.9 Å². The molecule has 1 aliphatic rings. The van der Waals surface area contributed by atoms with Gasteiger partial charge in [-0.3, -0.25) is 4.79 Å². The summed E-state index contributed by atoms with van der Waals surface area (Å²) in [7, 11) is 0. The summed E-state index contributed by atoms with van der Waals surface area (Å²) in [5.74, 6) is -1.34. The van der Waals surface area contributed by atoms with Crippen molar-refractivity contribution in [1.29, 1.82) is 0 Å². The van der Waals surface area contributed by atoms with Crippen LogP contribution >= 0.6 is 0 Å². The Kier molecular flexibility index (Phi) is 5.75. The number of furan rings is 1. The molecular formula is C24H20FNO4. The van der Waals surface area contributed by atoms with Gasteiger partial charge in [0.05, 0.1) is 5.56 Å². The predicted octanol–water partition coefficient (Wildman–Crippen LogP) is 4.56. The van der Waals surface area contributed by atoms with Crippen LogP contribution in [0.3, 0.4) is 0 Å². The summed E-state index contributed by atoms with van der Waals surface area (Å²) in [6.45, 7) is 0.664. The van der Waals surface area contributed by atoms with E-state index in [0.717, 1.165) is 12.0 Å². The molecule has 6 heteroatoms. The van der Waals surface area contributed by atoms with E-state index < -0.39 is 11.8 Å². The number of rotatable bonds is 5. The van der Waals surface area contributed by atoms with Crippen molar-refractivity contribution in [2.75, 3.05) is 19.7 Å². The van der Waals surface area contributed by atoms with E-state index in [1.807, 2.05) is 36.4 Å². The van der Waals surface area contributed by atoms with Gasteiger partial charge in [0.1, 0.15) is 11.6 Å². The van der Waals surface area contributed by atoms with E-state index in [1.165, 1.54) is 23.8 Å². The Labute approximate surface area is 173 Å². The lowest BCUT2D eigenvalue weighted by atomic mass is 10.00. The predicted molar refractivity (Wildman–Crippen MR) is 110 cm³/mol. The van der Waals surface area contributed by atoms with Crippen molar-refractivity contribution in [3.8, 4) is 11.3 Å². The van der Waals surface area contributed by atoms with E-state index in [1.54, 1.807) is 23.1 Å². The van der Waals surface area contributed by atoms with Crippen LogP contribution in [0.15, 0.2) is 77.2 Å². The molecule has 2 heterocycles. The van der Waals surface area contributed by atoms with Crippen molar-refractivity contribution in [2.24, 2.45) is 0 Å². The van der Waals surface area contributed by atoms with Gasteiger partial charge in [0.2, 0.25) is 5.76 Å². The van der Waals surface area contributed by atoms with Crippen LogP contribution in [0.1, 0.15) is 22.5 Å². The first kappa shape index (κ1) is 19.6. The molecule has 152 valence electrons. The molecule has 0 N–H and O–H groups in total. The molecule has 1 aromatic heterocycles. The molecule has 0 saturated carbocycles. The number of carbonyl (C=O) groups is 2. The van der Waals surface area contributed by atoms with E-state index >= 15 is 0 Å². The highest BCUT2D eigenvalue weighted by molar-refractivity contribution is 5.89. The number of hydrogen-bond acceptors (Lipinski definition) is 4. The minimum absolute atomic E-state index is 0.0778. The van der Waals surface area contributed by atoms with Crippen molar-refractivity contribution in [3.63, 3.8) is 0 Å². The first-order chi connectivity index (χ1) is 14.6. The normalized spacial score (nSPS) is 13.6. The second-order valence-corrected chi connectivity index (χ2v) is 6.91. The number of hydrogen-bond donors (Lipinski definition) is 0. The van der Waals surface area contributed by atoms with E-state index in [-0.39, 0.29) is 29.6 Å². The van der Waals surface area contributed by atoms with Gasteiger partial charge in [-0.05, 0) is 41.8 Å². The van der Waals surface area contributed by atoms with Gasteiger partial charge in [-0.25, -0.2) is 9.18 Å². The number of benzene rings is 2. The van der Waals surface area contributed by atoms with Crippen LogP contribution < -0.4 is 0 Å². The van der Waals surface area contributed by atoms with Gasteiger partial charge in [0.15, 0.2) is 6.61 Å². The fourth-order valence-electron chi connectivity index (χ4n) is 3.35. The van der Waals surface area contributed by atoms with Gasteiger partial charge >= 0.3 is 5.97 Å². The maximum Gasteiger partial charge on any atom is 0.374 e. The molecular weight excluding hydrogens is 385 g/mol. The fourth-order valence-corrected chi connectivity index (χ4v) is 3.35. The summed E-state index contributed by atoms with van der Waals surface area (Å²) in [6.07, 6.45) is 2.76. The zero-order chi connectivity index (χ0) is 20.9. The molecule has 0 bridgehead atoms. The quantitative estimate of drug-likeness (QED) is 0.584. The van der Waals surface area contributed by atoms with Gasteiger partial charge < -0.3 is 14.1 Å². The molecule has 0 radical (unpaired) electrons. The van der Waals surface area contributed by atoms with E-state index in [0.29, 0.717) is 13.1 Å². The van der Waals surface area contributed by atoms with Gasteiger partial charge in [0.25, 0.3) is 5.91 Å². The lowest BCUT2D eigenvalue weighted by Gasteiger charge is -2.26. The molecule has 4 rings (SSSR count). The first-order valence-electron chi connectivity index (χ1n) is 9.66. The molecule has 30 heavy (non-hydrogen) atoms. The minimum Gasteiger partial charge on any atom is -0.450 e. The van der Waals surface area contributed by atoms with E-state index in [4.69, 9.17) is 9.15 Å². The standard InChI is InChI=1S/C24H20FNO4/c25-20-9-5-4-8-19(20)21-10-11-22(30-21)24(28)29-16-23(27)26-14-12-18(13-15-26)17-6-2-1-3-7-17/h1-12H,13-16H2. The smallest absolute Gasteiger partial charge is 0.374 e. The van der Waals surface area contributed by atoms with E-state index in [9.17, 15) is 14.0 Å². The monoisotopic (exact) mass is 405 g/mol. The Morgan fingerprint density at radius 2 is 1.77 bits per heavy atom. The molecule has 3 aromatic rings. The average Bonchev–Trinajstić information content (AvgIpc) is 3.28. The lowest BCUT2D eigenvalue weighted by molar-refractivity contribution is -0.134. The van der Waals surface area contributed by atoms with Crippen molar-refractivity contribution >= 4 is 17.4 Å². The summed E-state index contributed by atoms with van der Waals surface area (Å²) in [4.78, 5) is 26.2. The van der Waals surface area contributed by atoms with Crippen molar-refractivity contribution in [3.05, 3.63) is 89.9 Å². The van der Waals surface area contributed by atoms with Crippen LogP contribution in [-0.2, 0) is 9.53 Å². The fraction of sp³-hybridized carbons (Fsp3) is 0.167. The molecule has 0 fully saturated rings. The van der Waals surface area contributed by atoms with Gasteiger partial charge in [-0.15, -0.1) is 0 Å². The molecule has 0 spiro atoms. The van der Waals surface area contributed by atoms with Crippen LogP contribution in [0.4, 0.5) is 4.39 Å². The number of halogens is 1. The second kappa shape index (κ2) is 8.78. The third kappa shape index (κ3) is 4.33. The molecule has 1 aliphatic heterocycles. The molecule has 5 nitrogen and oxygen atoms in total. The average molecular weight is 405 g/mol. The van der Waals surface area contributed by atoms with Crippen LogP contribution in [-0.4, -0.2) is 36.5 Å². The van der Waals surface area contributed by atoms with Gasteiger partial charge in [-0.1, -0.05) is 48.5 Å². The summed E-state index contributed by atoms with van der Waals surface area (Å²) >= 11 is 0. The zero-order valence-corrected chi connectivity index (χ0v) is 16.2. The zero-order valence-electron chi connectivity index (χ0n) is 16.2. The number of nitrogens with zero attached hydrogens (tertiary/aromatic N) is 1. The summed E-state index contributed by atoms with van der Waals surface area (Å²) in [5, 5.41) is 0. The van der Waals surface area contributed by atoms with Crippen LogP contribution in [0, 0.1) is 5.82 Å². The van der Waals surface area contributed by atoms with Crippen molar-refractivity contribution < 1.29 is 23.1 Å². The van der Waals surface area contributed by atoms with Crippen molar-refractivity contribution in [1.82, 2.24) is 4.90 Å². The Morgan fingerprint density at radius 3 is 2.50 bits per heavy atom. The molecule has 0 saturated heterocycles. The van der Waals surface area contributed by atoms with Crippen LogP contribution in [0.2, 0.25) is 0 Å². The largest absolute Gasteiger partial charge is 0.450 e. The summed E-state index contributed by atoms with van der Waals surface area (Å²) in [6, 6.07) is 19.0. The Bertz CT molecular complexity index is 1090. The second-order valence-electron chi connectivity index (χ2n) is 6.91. The number of carbonyl (C=O) groups excluding carboxylic acids is 2. The number of esters is 1. The lowest BCUT2D eigenvalue weighted by Crippen LogP contribution is -2.37. The van der Waals surface area contributed by atoms with Crippen LogP contribution in [0.5, 0.6) is 0 Å². The SMILES string of the molecule is O=C(OCC(=O)N1CC=C(c2ccccc2)CC1)c1ccc(-c2ccccc2F)o1. The summed E-state index contributed by atoms with van der Waals surface area (Å²) < 4.78 is 24.4. The Balaban J connectivity index is 1.32. The molecule has 0 unspecified atom stereocenters. The number of amides is 1. The molecule has 1 amide bonds. The minimum atomic E-state index is -0.761. The number of ether oxygens (including phenoxy) is 1. The van der Waals surface area contributed by atoms with E-state index in [2.05, 4.69) is 0 Å². The highest BCUT2D eigenvalue weighted by Crippen LogP contribution is 2.25.